The number of halogens is 1. The van der Waals surface area contributed by atoms with Crippen molar-refractivity contribution >= 4 is 42.6 Å². The van der Waals surface area contributed by atoms with Crippen LogP contribution in [0.3, 0.4) is 0 Å². The van der Waals surface area contributed by atoms with E-state index in [9.17, 15) is 17.6 Å². The third-order valence-electron chi connectivity index (χ3n) is 5.99. The van der Waals surface area contributed by atoms with Crippen LogP contribution in [0.25, 0.3) is 10.2 Å². The molecule has 1 fully saturated rings. The van der Waals surface area contributed by atoms with Crippen molar-refractivity contribution in [1.82, 2.24) is 14.2 Å². The van der Waals surface area contributed by atoms with E-state index in [2.05, 4.69) is 6.07 Å². The van der Waals surface area contributed by atoms with Crippen molar-refractivity contribution in [1.29, 1.82) is 0 Å². The summed E-state index contributed by atoms with van der Waals surface area (Å²) in [6.45, 7) is 3.57. The van der Waals surface area contributed by atoms with E-state index < -0.39 is 21.8 Å². The number of aryl methyl sites for hydroxylation is 1. The van der Waals surface area contributed by atoms with E-state index in [1.165, 1.54) is 27.8 Å². The zero-order valence-electron chi connectivity index (χ0n) is 19.6. The first kappa shape index (κ1) is 24.7. The summed E-state index contributed by atoms with van der Waals surface area (Å²) in [7, 11) is 0.0809. The number of benzene rings is 2. The van der Waals surface area contributed by atoms with Crippen LogP contribution in [0, 0.1) is 18.7 Å². The van der Waals surface area contributed by atoms with Gasteiger partial charge in [-0.2, -0.15) is 4.31 Å². The molecular weight excluding hydrogens is 475 g/mol. The van der Waals surface area contributed by atoms with Gasteiger partial charge in [0.15, 0.2) is 5.13 Å². The van der Waals surface area contributed by atoms with E-state index in [1.807, 2.05) is 38.1 Å². The van der Waals surface area contributed by atoms with E-state index in [4.69, 9.17) is 4.98 Å². The number of carbonyl (C=O) groups is 1. The summed E-state index contributed by atoms with van der Waals surface area (Å²) in [4.78, 5) is 22.2. The van der Waals surface area contributed by atoms with Gasteiger partial charge in [-0.1, -0.05) is 17.4 Å². The second-order valence-electron chi connectivity index (χ2n) is 8.92. The third-order valence-corrected chi connectivity index (χ3v) is 8.91. The Bertz CT molecular complexity index is 1280. The predicted molar refractivity (Wildman–Crippen MR) is 133 cm³/mol. The molecule has 1 unspecified atom stereocenters. The molecule has 0 saturated carbocycles. The highest BCUT2D eigenvalue weighted by Gasteiger charge is 2.36. The summed E-state index contributed by atoms with van der Waals surface area (Å²) >= 11 is 1.48. The number of rotatable bonds is 7. The SMILES string of the molecule is Cc1ccc2nc(N(CCN(C)C)C(=O)C3CCCN(S(=O)(=O)c4ccc(F)cc4)C3)sc2c1. The van der Waals surface area contributed by atoms with E-state index in [-0.39, 0.29) is 17.3 Å². The molecule has 0 spiro atoms. The van der Waals surface area contributed by atoms with Crippen LogP contribution < -0.4 is 4.90 Å². The number of fused-ring (bicyclic) bond motifs is 1. The Morgan fingerprint density at radius 2 is 1.91 bits per heavy atom. The monoisotopic (exact) mass is 504 g/mol. The average molecular weight is 505 g/mol. The summed E-state index contributed by atoms with van der Waals surface area (Å²) in [6.07, 6.45) is 1.19. The molecule has 7 nitrogen and oxygen atoms in total. The molecule has 182 valence electrons. The van der Waals surface area contributed by atoms with Gasteiger partial charge in [0.2, 0.25) is 15.9 Å². The molecule has 1 aliphatic rings. The van der Waals surface area contributed by atoms with Crippen LogP contribution in [0.5, 0.6) is 0 Å². The second-order valence-corrected chi connectivity index (χ2v) is 11.9. The normalized spacial score (nSPS) is 17.4. The van der Waals surface area contributed by atoms with E-state index >= 15 is 0 Å². The van der Waals surface area contributed by atoms with Crippen LogP contribution in [0.4, 0.5) is 9.52 Å². The Hall–Kier alpha value is -2.40. The fourth-order valence-corrected chi connectivity index (χ4v) is 6.69. The minimum absolute atomic E-state index is 0.0352. The predicted octanol–water partition coefficient (Wildman–Crippen LogP) is 3.74. The molecule has 34 heavy (non-hydrogen) atoms. The molecule has 1 saturated heterocycles. The third kappa shape index (κ3) is 5.30. The molecule has 10 heteroatoms. The van der Waals surface area contributed by atoms with Gasteiger partial charge in [-0.15, -0.1) is 0 Å². The molecule has 1 aromatic heterocycles. The van der Waals surface area contributed by atoms with Crippen LogP contribution in [0.1, 0.15) is 18.4 Å². The highest BCUT2D eigenvalue weighted by Crippen LogP contribution is 2.32. The molecule has 0 N–H and O–H groups in total. The highest BCUT2D eigenvalue weighted by molar-refractivity contribution is 7.89. The lowest BCUT2D eigenvalue weighted by molar-refractivity contribution is -0.123. The first-order valence-corrected chi connectivity index (χ1v) is 13.5. The van der Waals surface area contributed by atoms with Crippen LogP contribution in [-0.4, -0.2) is 68.8 Å². The number of aromatic nitrogens is 1. The van der Waals surface area contributed by atoms with Gasteiger partial charge in [-0.25, -0.2) is 17.8 Å². The molecule has 0 radical (unpaired) electrons. The minimum Gasteiger partial charge on any atom is -0.308 e. The Kier molecular flexibility index (Phi) is 7.32. The first-order valence-electron chi connectivity index (χ1n) is 11.2. The largest absolute Gasteiger partial charge is 0.308 e. The Morgan fingerprint density at radius 3 is 2.62 bits per heavy atom. The lowest BCUT2D eigenvalue weighted by Gasteiger charge is -2.34. The number of thiazole rings is 1. The van der Waals surface area contributed by atoms with Crippen molar-refractivity contribution in [2.24, 2.45) is 5.92 Å². The number of likely N-dealkylation sites (N-methyl/N-ethyl adjacent to an activating group) is 1. The fraction of sp³-hybridized carbons (Fsp3) is 0.417. The molecule has 2 heterocycles. The molecule has 4 rings (SSSR count). The van der Waals surface area contributed by atoms with Gasteiger partial charge in [0.25, 0.3) is 0 Å². The number of sulfonamides is 1. The van der Waals surface area contributed by atoms with Crippen molar-refractivity contribution in [2.75, 3.05) is 45.2 Å². The maximum atomic E-state index is 13.7. The van der Waals surface area contributed by atoms with Gasteiger partial charge < -0.3 is 4.90 Å². The summed E-state index contributed by atoms with van der Waals surface area (Å²) in [5.74, 6) is -1.08. The number of piperidine rings is 1. The van der Waals surface area contributed by atoms with E-state index in [1.54, 1.807) is 4.90 Å². The van der Waals surface area contributed by atoms with Crippen molar-refractivity contribution in [3.63, 3.8) is 0 Å². The van der Waals surface area contributed by atoms with Gasteiger partial charge in [0, 0.05) is 26.2 Å². The number of carbonyl (C=O) groups excluding carboxylic acids is 1. The topological polar surface area (TPSA) is 73.8 Å². The number of amides is 1. The van der Waals surface area contributed by atoms with Gasteiger partial charge in [-0.3, -0.25) is 9.69 Å². The molecule has 1 aliphatic heterocycles. The van der Waals surface area contributed by atoms with Crippen LogP contribution in [0.2, 0.25) is 0 Å². The minimum atomic E-state index is -3.81. The number of anilines is 1. The Balaban J connectivity index is 1.59. The molecule has 0 aliphatic carbocycles. The van der Waals surface area contributed by atoms with E-state index in [0.29, 0.717) is 37.6 Å². The summed E-state index contributed by atoms with van der Waals surface area (Å²) < 4.78 is 41.9. The summed E-state index contributed by atoms with van der Waals surface area (Å²) in [5.41, 5.74) is 1.97. The maximum Gasteiger partial charge on any atom is 0.243 e. The van der Waals surface area contributed by atoms with Gasteiger partial charge in [0.05, 0.1) is 21.0 Å². The molecule has 1 atom stereocenters. The lowest BCUT2D eigenvalue weighted by atomic mass is 9.98. The zero-order valence-corrected chi connectivity index (χ0v) is 21.2. The maximum absolute atomic E-state index is 13.7. The number of hydrogen-bond donors (Lipinski definition) is 0. The van der Waals surface area contributed by atoms with Crippen molar-refractivity contribution in [2.45, 2.75) is 24.7 Å². The molecule has 2 aromatic carbocycles. The summed E-state index contributed by atoms with van der Waals surface area (Å²) in [5, 5.41) is 0.631. The van der Waals surface area contributed by atoms with Crippen molar-refractivity contribution in [3.05, 3.63) is 53.8 Å². The van der Waals surface area contributed by atoms with Gasteiger partial charge in [0.1, 0.15) is 5.82 Å². The first-order chi connectivity index (χ1) is 16.1. The van der Waals surface area contributed by atoms with Gasteiger partial charge >= 0.3 is 0 Å². The zero-order chi connectivity index (χ0) is 24.5. The van der Waals surface area contributed by atoms with Gasteiger partial charge in [-0.05, 0) is 75.8 Å². The van der Waals surface area contributed by atoms with Crippen LogP contribution in [-0.2, 0) is 14.8 Å². The smallest absolute Gasteiger partial charge is 0.243 e. The number of nitrogens with zero attached hydrogens (tertiary/aromatic N) is 4. The molecule has 0 bridgehead atoms. The highest BCUT2D eigenvalue weighted by atomic mass is 32.2. The second kappa shape index (κ2) is 10.1. The lowest BCUT2D eigenvalue weighted by Crippen LogP contribution is -2.48. The molecular formula is C24H29FN4O3S2. The molecule has 1 amide bonds. The Labute approximate surface area is 203 Å². The standard InChI is InChI=1S/C24H29FN4O3S2/c1-17-6-11-21-22(15-17)33-24(26-21)29(14-13-27(2)3)23(30)18-5-4-12-28(16-18)34(31,32)20-9-7-19(25)8-10-20/h6-11,15,18H,4-5,12-14,16H2,1-3H3. The quantitative estimate of drug-likeness (QED) is 0.490. The van der Waals surface area contributed by atoms with Crippen molar-refractivity contribution < 1.29 is 17.6 Å². The summed E-state index contributed by atoms with van der Waals surface area (Å²) in [6, 6.07) is 10.8. The number of hydrogen-bond acceptors (Lipinski definition) is 6. The van der Waals surface area contributed by atoms with Crippen LogP contribution in [0.15, 0.2) is 47.4 Å². The van der Waals surface area contributed by atoms with Crippen molar-refractivity contribution in [3.8, 4) is 0 Å². The van der Waals surface area contributed by atoms with E-state index in [0.717, 1.165) is 27.9 Å². The average Bonchev–Trinajstić information content (AvgIpc) is 3.22. The van der Waals surface area contributed by atoms with Crippen LogP contribution >= 0.6 is 11.3 Å². The molecule has 3 aromatic rings. The Morgan fingerprint density at radius 1 is 1.18 bits per heavy atom. The fourth-order valence-electron chi connectivity index (χ4n) is 4.07.